The lowest BCUT2D eigenvalue weighted by atomic mass is 10.1. The van der Waals surface area contributed by atoms with Crippen LogP contribution < -0.4 is 5.73 Å². The summed E-state index contributed by atoms with van der Waals surface area (Å²) in [5.74, 6) is 1.10. The van der Waals surface area contributed by atoms with E-state index < -0.39 is 0 Å². The van der Waals surface area contributed by atoms with Gasteiger partial charge in [-0.3, -0.25) is 0 Å². The van der Waals surface area contributed by atoms with Crippen LogP contribution in [0.3, 0.4) is 0 Å². The predicted octanol–water partition coefficient (Wildman–Crippen LogP) is 3.20. The topological polar surface area (TPSA) is 64.7 Å². The first kappa shape index (κ1) is 12.5. The quantitative estimate of drug-likeness (QED) is 0.733. The second kappa shape index (κ2) is 4.56. The van der Waals surface area contributed by atoms with Crippen molar-refractivity contribution in [2.75, 3.05) is 5.73 Å². The van der Waals surface area contributed by atoms with Gasteiger partial charge in [-0.15, -0.1) is 0 Å². The van der Waals surface area contributed by atoms with E-state index in [2.05, 4.69) is 27.9 Å². The molecule has 4 nitrogen and oxygen atoms in total. The summed E-state index contributed by atoms with van der Waals surface area (Å²) >= 11 is 0. The molecule has 0 amide bonds. The van der Waals surface area contributed by atoms with Gasteiger partial charge in [0.2, 0.25) is 0 Å². The van der Waals surface area contributed by atoms with E-state index in [1.54, 1.807) is 0 Å². The van der Waals surface area contributed by atoms with Gasteiger partial charge in [0.05, 0.1) is 5.52 Å². The van der Waals surface area contributed by atoms with Crippen LogP contribution in [0.5, 0.6) is 0 Å². The third-order valence-corrected chi connectivity index (χ3v) is 3.58. The molecule has 4 heteroatoms. The van der Waals surface area contributed by atoms with E-state index in [4.69, 9.17) is 5.73 Å². The van der Waals surface area contributed by atoms with Gasteiger partial charge in [0.25, 0.3) is 0 Å². The molecule has 100 valence electrons. The molecule has 0 radical (unpaired) electrons. The molecular weight excluding hydrogens is 248 g/mol. The average Bonchev–Trinajstić information content (AvgIpc) is 2.44. The Morgan fingerprint density at radius 2 is 1.70 bits per heavy atom. The van der Waals surface area contributed by atoms with Gasteiger partial charge in [-0.25, -0.2) is 15.0 Å². The van der Waals surface area contributed by atoms with Crippen molar-refractivity contribution >= 4 is 16.7 Å². The number of anilines is 1. The smallest absolute Gasteiger partial charge is 0.180 e. The minimum Gasteiger partial charge on any atom is -0.383 e. The van der Waals surface area contributed by atoms with Gasteiger partial charge in [-0.05, 0) is 38.5 Å². The van der Waals surface area contributed by atoms with Crippen LogP contribution in [0.1, 0.15) is 16.8 Å². The molecule has 0 aliphatic carbocycles. The fourth-order valence-corrected chi connectivity index (χ4v) is 2.23. The summed E-state index contributed by atoms with van der Waals surface area (Å²) in [5.41, 5.74) is 10.6. The molecule has 2 aromatic heterocycles. The predicted molar refractivity (Wildman–Crippen MR) is 81.4 cm³/mol. The first-order chi connectivity index (χ1) is 9.56. The molecule has 0 unspecified atom stereocenters. The van der Waals surface area contributed by atoms with Crippen molar-refractivity contribution in [3.8, 4) is 11.5 Å². The maximum Gasteiger partial charge on any atom is 0.180 e. The van der Waals surface area contributed by atoms with Crippen molar-refractivity contribution in [1.82, 2.24) is 15.0 Å². The highest BCUT2D eigenvalue weighted by Gasteiger charge is 2.10. The Bertz CT molecular complexity index is 786. The highest BCUT2D eigenvalue weighted by molar-refractivity contribution is 5.84. The van der Waals surface area contributed by atoms with Crippen LogP contribution in [0.25, 0.3) is 22.4 Å². The van der Waals surface area contributed by atoms with Crippen molar-refractivity contribution in [2.24, 2.45) is 0 Å². The summed E-state index contributed by atoms with van der Waals surface area (Å²) in [7, 11) is 0. The Morgan fingerprint density at radius 1 is 0.950 bits per heavy atom. The molecule has 0 aliphatic rings. The number of hydrogen-bond donors (Lipinski definition) is 1. The number of para-hydroxylation sites is 1. The Kier molecular flexibility index (Phi) is 2.86. The van der Waals surface area contributed by atoms with Crippen LogP contribution in [0.15, 0.2) is 30.3 Å². The zero-order valence-electron chi connectivity index (χ0n) is 11.8. The number of pyridine rings is 1. The first-order valence-corrected chi connectivity index (χ1v) is 6.54. The van der Waals surface area contributed by atoms with Gasteiger partial charge < -0.3 is 5.73 Å². The average molecular weight is 264 g/mol. The molecule has 0 saturated heterocycles. The second-order valence-corrected chi connectivity index (χ2v) is 4.98. The Morgan fingerprint density at radius 3 is 2.45 bits per heavy atom. The van der Waals surface area contributed by atoms with Crippen molar-refractivity contribution in [3.05, 3.63) is 47.2 Å². The van der Waals surface area contributed by atoms with Gasteiger partial charge in [-0.2, -0.15) is 0 Å². The SMILES string of the molecule is Cc1nc(-c2cc(C)c3ccccc3n2)nc(N)c1C. The molecule has 0 spiro atoms. The van der Waals surface area contributed by atoms with E-state index in [0.29, 0.717) is 11.6 Å². The van der Waals surface area contributed by atoms with E-state index in [0.717, 1.165) is 33.4 Å². The first-order valence-electron chi connectivity index (χ1n) is 6.54. The molecule has 2 N–H and O–H groups in total. The molecule has 0 bridgehead atoms. The molecule has 2 heterocycles. The van der Waals surface area contributed by atoms with Crippen LogP contribution in [-0.4, -0.2) is 15.0 Å². The highest BCUT2D eigenvalue weighted by atomic mass is 15.0. The van der Waals surface area contributed by atoms with Crippen LogP contribution >= 0.6 is 0 Å². The van der Waals surface area contributed by atoms with Crippen molar-refractivity contribution in [3.63, 3.8) is 0 Å². The van der Waals surface area contributed by atoms with Gasteiger partial charge in [0.15, 0.2) is 5.82 Å². The van der Waals surface area contributed by atoms with Crippen LogP contribution in [0.2, 0.25) is 0 Å². The van der Waals surface area contributed by atoms with E-state index in [-0.39, 0.29) is 0 Å². The molecular formula is C16H16N4. The summed E-state index contributed by atoms with van der Waals surface area (Å²) in [5, 5.41) is 1.15. The summed E-state index contributed by atoms with van der Waals surface area (Å²) in [4.78, 5) is 13.5. The number of benzene rings is 1. The third-order valence-electron chi connectivity index (χ3n) is 3.58. The second-order valence-electron chi connectivity index (χ2n) is 4.98. The highest BCUT2D eigenvalue weighted by Crippen LogP contribution is 2.23. The number of fused-ring (bicyclic) bond motifs is 1. The molecule has 1 aromatic carbocycles. The maximum atomic E-state index is 5.93. The normalized spacial score (nSPS) is 10.9. The summed E-state index contributed by atoms with van der Waals surface area (Å²) < 4.78 is 0. The lowest BCUT2D eigenvalue weighted by molar-refractivity contribution is 1.07. The number of nitrogen functional groups attached to an aromatic ring is 1. The molecule has 0 aliphatic heterocycles. The van der Waals surface area contributed by atoms with Crippen LogP contribution in [0.4, 0.5) is 5.82 Å². The molecule has 20 heavy (non-hydrogen) atoms. The monoisotopic (exact) mass is 264 g/mol. The Balaban J connectivity index is 2.25. The van der Waals surface area contributed by atoms with Gasteiger partial charge in [0.1, 0.15) is 11.5 Å². The lowest BCUT2D eigenvalue weighted by Gasteiger charge is -2.08. The Hall–Kier alpha value is -2.49. The van der Waals surface area contributed by atoms with Gasteiger partial charge >= 0.3 is 0 Å². The number of nitrogens with two attached hydrogens (primary N) is 1. The third kappa shape index (κ3) is 1.99. The van der Waals surface area contributed by atoms with Crippen molar-refractivity contribution in [2.45, 2.75) is 20.8 Å². The van der Waals surface area contributed by atoms with Crippen LogP contribution in [0, 0.1) is 20.8 Å². The minimum atomic E-state index is 0.514. The number of rotatable bonds is 1. The van der Waals surface area contributed by atoms with E-state index in [1.165, 1.54) is 0 Å². The lowest BCUT2D eigenvalue weighted by Crippen LogP contribution is -2.03. The standard InChI is InChI=1S/C16H16N4/c1-9-8-14(19-13-7-5-4-6-12(9)13)16-18-11(3)10(2)15(17)20-16/h4-8H,1-3H3,(H2,17,18,20). The van der Waals surface area contributed by atoms with Crippen LogP contribution in [-0.2, 0) is 0 Å². The largest absolute Gasteiger partial charge is 0.383 e. The molecule has 3 aromatic rings. The van der Waals surface area contributed by atoms with E-state index in [1.807, 2.05) is 38.1 Å². The minimum absolute atomic E-state index is 0.514. The molecule has 0 atom stereocenters. The Labute approximate surface area is 117 Å². The summed E-state index contributed by atoms with van der Waals surface area (Å²) in [6, 6.07) is 10.1. The molecule has 3 rings (SSSR count). The van der Waals surface area contributed by atoms with Crippen molar-refractivity contribution < 1.29 is 0 Å². The zero-order chi connectivity index (χ0) is 14.3. The van der Waals surface area contributed by atoms with Gasteiger partial charge in [0, 0.05) is 16.6 Å². The van der Waals surface area contributed by atoms with E-state index >= 15 is 0 Å². The molecule has 0 saturated carbocycles. The van der Waals surface area contributed by atoms with Gasteiger partial charge in [-0.1, -0.05) is 18.2 Å². The number of nitrogens with zero attached hydrogens (tertiary/aromatic N) is 3. The molecule has 0 fully saturated rings. The van der Waals surface area contributed by atoms with E-state index in [9.17, 15) is 0 Å². The number of aryl methyl sites for hydroxylation is 2. The number of hydrogen-bond acceptors (Lipinski definition) is 4. The summed E-state index contributed by atoms with van der Waals surface area (Å²) in [6.45, 7) is 5.93. The zero-order valence-corrected chi connectivity index (χ0v) is 11.8. The maximum absolute atomic E-state index is 5.93. The summed E-state index contributed by atoms with van der Waals surface area (Å²) in [6.07, 6.45) is 0. The fourth-order valence-electron chi connectivity index (χ4n) is 2.23. The van der Waals surface area contributed by atoms with Crippen molar-refractivity contribution in [1.29, 1.82) is 0 Å². The number of aromatic nitrogens is 3. The fraction of sp³-hybridized carbons (Fsp3) is 0.188.